The number of ether oxygens (including phenoxy) is 1. The van der Waals surface area contributed by atoms with Crippen molar-refractivity contribution in [1.82, 2.24) is 9.78 Å². The molecule has 3 heterocycles. The van der Waals surface area contributed by atoms with Crippen LogP contribution in [-0.2, 0) is 20.2 Å². The second kappa shape index (κ2) is 5.74. The van der Waals surface area contributed by atoms with Crippen LogP contribution in [0.4, 0.5) is 13.2 Å². The van der Waals surface area contributed by atoms with Crippen molar-refractivity contribution in [2.75, 3.05) is 6.61 Å². The van der Waals surface area contributed by atoms with Crippen LogP contribution in [0.25, 0.3) is 0 Å². The molecule has 3 rings (SSSR count). The number of alkyl halides is 3. The van der Waals surface area contributed by atoms with Crippen molar-refractivity contribution in [2.45, 2.75) is 70.6 Å². The molecule has 0 amide bonds. The molecular formula is C15H22BF3N2O3. The van der Waals surface area contributed by atoms with Crippen LogP contribution in [0.5, 0.6) is 0 Å². The highest BCUT2D eigenvalue weighted by Gasteiger charge is 2.55. The SMILES string of the molecule is CC1(C)OB(c2cn(C3CCCCO3)nc2C(F)(F)F)OC1(C)C. The van der Waals surface area contributed by atoms with Crippen molar-refractivity contribution in [3.05, 3.63) is 11.9 Å². The minimum Gasteiger partial charge on any atom is -0.399 e. The first kappa shape index (κ1) is 17.8. The average molecular weight is 346 g/mol. The Labute approximate surface area is 139 Å². The summed E-state index contributed by atoms with van der Waals surface area (Å²) in [6.45, 7) is 7.73. The molecule has 5 nitrogen and oxygen atoms in total. The molecule has 0 N–H and O–H groups in total. The van der Waals surface area contributed by atoms with E-state index in [-0.39, 0.29) is 5.46 Å². The average Bonchev–Trinajstić information content (AvgIpc) is 2.99. The summed E-state index contributed by atoms with van der Waals surface area (Å²) in [4.78, 5) is 0. The number of nitrogens with zero attached hydrogens (tertiary/aromatic N) is 2. The second-order valence-electron chi connectivity index (χ2n) is 7.32. The quantitative estimate of drug-likeness (QED) is 0.773. The highest BCUT2D eigenvalue weighted by atomic mass is 19.4. The third-order valence-electron chi connectivity index (χ3n) is 4.99. The first-order valence-electron chi connectivity index (χ1n) is 8.15. The summed E-state index contributed by atoms with van der Waals surface area (Å²) in [7, 11) is -1.11. The smallest absolute Gasteiger partial charge is 0.399 e. The molecule has 24 heavy (non-hydrogen) atoms. The monoisotopic (exact) mass is 346 g/mol. The molecule has 134 valence electrons. The van der Waals surface area contributed by atoms with Crippen LogP contribution < -0.4 is 5.46 Å². The van der Waals surface area contributed by atoms with E-state index in [1.165, 1.54) is 10.9 Å². The van der Waals surface area contributed by atoms with E-state index in [4.69, 9.17) is 14.0 Å². The standard InChI is InChI=1S/C15H22BF3N2O3/c1-13(2)14(3,4)24-16(23-13)10-9-21(11-7-5-6-8-22-11)20-12(10)15(17,18)19/h9,11H,5-8H2,1-4H3. The van der Waals surface area contributed by atoms with E-state index in [0.717, 1.165) is 12.8 Å². The lowest BCUT2D eigenvalue weighted by atomic mass is 9.79. The largest absolute Gasteiger partial charge is 0.498 e. The zero-order chi connectivity index (χ0) is 17.8. The van der Waals surface area contributed by atoms with Crippen LogP contribution in [0, 0.1) is 0 Å². The number of hydrogen-bond donors (Lipinski definition) is 0. The van der Waals surface area contributed by atoms with Gasteiger partial charge < -0.3 is 14.0 Å². The van der Waals surface area contributed by atoms with Crippen LogP contribution in [0.1, 0.15) is 58.9 Å². The summed E-state index contributed by atoms with van der Waals surface area (Å²) in [5, 5.41) is 3.75. The Morgan fingerprint density at radius 3 is 2.29 bits per heavy atom. The third kappa shape index (κ3) is 3.09. The van der Waals surface area contributed by atoms with Gasteiger partial charge in [0.25, 0.3) is 0 Å². The van der Waals surface area contributed by atoms with E-state index in [0.29, 0.717) is 13.0 Å². The fourth-order valence-corrected chi connectivity index (χ4v) is 2.85. The minimum absolute atomic E-state index is 0.102. The molecule has 0 aromatic carbocycles. The van der Waals surface area contributed by atoms with Gasteiger partial charge >= 0.3 is 13.3 Å². The molecule has 0 spiro atoms. The second-order valence-corrected chi connectivity index (χ2v) is 7.32. The molecule has 1 atom stereocenters. The summed E-state index contributed by atoms with van der Waals surface area (Å²) >= 11 is 0. The van der Waals surface area contributed by atoms with Crippen LogP contribution in [0.2, 0.25) is 0 Å². The van der Waals surface area contributed by atoms with Crippen molar-refractivity contribution < 1.29 is 27.2 Å². The van der Waals surface area contributed by atoms with Gasteiger partial charge in [-0.05, 0) is 47.0 Å². The first-order valence-corrected chi connectivity index (χ1v) is 8.15. The summed E-state index contributed by atoms with van der Waals surface area (Å²) in [5.41, 5.74) is -2.51. The minimum atomic E-state index is -4.58. The van der Waals surface area contributed by atoms with E-state index in [1.54, 1.807) is 27.7 Å². The van der Waals surface area contributed by atoms with E-state index in [2.05, 4.69) is 5.10 Å². The lowest BCUT2D eigenvalue weighted by Crippen LogP contribution is -2.41. The lowest BCUT2D eigenvalue weighted by Gasteiger charge is -2.32. The van der Waals surface area contributed by atoms with Crippen molar-refractivity contribution >= 4 is 12.6 Å². The summed E-state index contributed by atoms with van der Waals surface area (Å²) in [6.07, 6.45) is -1.26. The molecule has 0 radical (unpaired) electrons. The lowest BCUT2D eigenvalue weighted by molar-refractivity contribution is -0.141. The van der Waals surface area contributed by atoms with Crippen molar-refractivity contribution in [3.8, 4) is 0 Å². The van der Waals surface area contributed by atoms with Crippen LogP contribution in [0.15, 0.2) is 6.20 Å². The fourth-order valence-electron chi connectivity index (χ4n) is 2.85. The van der Waals surface area contributed by atoms with Crippen LogP contribution in [0.3, 0.4) is 0 Å². The highest BCUT2D eigenvalue weighted by Crippen LogP contribution is 2.38. The van der Waals surface area contributed by atoms with Crippen LogP contribution >= 0.6 is 0 Å². The zero-order valence-electron chi connectivity index (χ0n) is 14.3. The molecule has 2 aliphatic heterocycles. The number of aromatic nitrogens is 2. The molecule has 0 bridgehead atoms. The van der Waals surface area contributed by atoms with Gasteiger partial charge in [0.15, 0.2) is 5.69 Å². The van der Waals surface area contributed by atoms with Crippen molar-refractivity contribution in [3.63, 3.8) is 0 Å². The maximum absolute atomic E-state index is 13.4. The summed E-state index contributed by atoms with van der Waals surface area (Å²) in [6, 6.07) is 0. The molecule has 1 aromatic heterocycles. The van der Waals surface area contributed by atoms with Crippen molar-refractivity contribution in [2.24, 2.45) is 0 Å². The van der Waals surface area contributed by atoms with Gasteiger partial charge in [-0.15, -0.1) is 0 Å². The predicted molar refractivity (Wildman–Crippen MR) is 81.8 cm³/mol. The Bertz CT molecular complexity index is 594. The normalized spacial score (nSPS) is 26.8. The number of rotatable bonds is 2. The van der Waals surface area contributed by atoms with E-state index < -0.39 is 36.4 Å². The topological polar surface area (TPSA) is 45.5 Å². The first-order chi connectivity index (χ1) is 11.0. The predicted octanol–water partition coefficient (Wildman–Crippen LogP) is 2.90. The van der Waals surface area contributed by atoms with Gasteiger partial charge in [0.1, 0.15) is 6.23 Å². The molecule has 1 unspecified atom stereocenters. The number of halogens is 3. The van der Waals surface area contributed by atoms with Gasteiger partial charge in [-0.3, -0.25) is 0 Å². The Morgan fingerprint density at radius 2 is 1.79 bits per heavy atom. The van der Waals surface area contributed by atoms with E-state index in [1.807, 2.05) is 0 Å². The van der Waals surface area contributed by atoms with Gasteiger partial charge in [0.05, 0.1) is 11.2 Å². The molecule has 2 fully saturated rings. The maximum atomic E-state index is 13.4. The van der Waals surface area contributed by atoms with Gasteiger partial charge in [0.2, 0.25) is 0 Å². The molecule has 0 saturated carbocycles. The van der Waals surface area contributed by atoms with Gasteiger partial charge in [-0.1, -0.05) is 0 Å². The third-order valence-corrected chi connectivity index (χ3v) is 4.99. The molecular weight excluding hydrogens is 324 g/mol. The molecule has 2 aliphatic rings. The Balaban J connectivity index is 1.96. The molecule has 0 aliphatic carbocycles. The molecule has 2 saturated heterocycles. The Morgan fingerprint density at radius 1 is 1.17 bits per heavy atom. The van der Waals surface area contributed by atoms with Gasteiger partial charge in [0, 0.05) is 18.3 Å². The van der Waals surface area contributed by atoms with Crippen molar-refractivity contribution in [1.29, 1.82) is 0 Å². The number of hydrogen-bond acceptors (Lipinski definition) is 4. The zero-order valence-corrected chi connectivity index (χ0v) is 14.3. The molecule has 1 aromatic rings. The van der Waals surface area contributed by atoms with Gasteiger partial charge in [-0.25, -0.2) is 4.68 Å². The van der Waals surface area contributed by atoms with E-state index >= 15 is 0 Å². The maximum Gasteiger partial charge on any atom is 0.498 e. The Kier molecular flexibility index (Phi) is 4.25. The highest BCUT2D eigenvalue weighted by molar-refractivity contribution is 6.62. The van der Waals surface area contributed by atoms with E-state index in [9.17, 15) is 13.2 Å². The fraction of sp³-hybridized carbons (Fsp3) is 0.800. The van der Waals surface area contributed by atoms with Gasteiger partial charge in [-0.2, -0.15) is 18.3 Å². The summed E-state index contributed by atoms with van der Waals surface area (Å²) < 4.78 is 58.7. The molecule has 9 heteroatoms. The Hall–Kier alpha value is -1.06. The summed E-state index contributed by atoms with van der Waals surface area (Å²) in [5.74, 6) is 0. The van der Waals surface area contributed by atoms with Crippen LogP contribution in [-0.4, -0.2) is 34.7 Å².